The van der Waals surface area contributed by atoms with Gasteiger partial charge in [-0.25, -0.2) is 9.37 Å². The third-order valence-corrected chi connectivity index (χ3v) is 13.4. The number of allylic oxidation sites excluding steroid dienone is 1. The Kier molecular flexibility index (Phi) is 9.76. The topological polar surface area (TPSA) is 124 Å². The van der Waals surface area contributed by atoms with Gasteiger partial charge in [-0.05, 0) is 56.5 Å². The normalized spacial score (nSPS) is 17.0. The summed E-state index contributed by atoms with van der Waals surface area (Å²) in [4.78, 5) is 27.5. The van der Waals surface area contributed by atoms with Gasteiger partial charge in [0.1, 0.15) is 30.1 Å². The van der Waals surface area contributed by atoms with Gasteiger partial charge in [-0.2, -0.15) is 8.42 Å². The summed E-state index contributed by atoms with van der Waals surface area (Å²) in [6.45, 7) is 11.6. The van der Waals surface area contributed by atoms with Gasteiger partial charge in [0.25, 0.3) is 10.1 Å². The lowest BCUT2D eigenvalue weighted by Gasteiger charge is -2.41. The Labute approximate surface area is 322 Å². The maximum Gasteiger partial charge on any atom is 0.337 e. The van der Waals surface area contributed by atoms with Crippen molar-refractivity contribution in [1.29, 1.82) is 0 Å². The van der Waals surface area contributed by atoms with Crippen LogP contribution in [0.15, 0.2) is 41.3 Å². The summed E-state index contributed by atoms with van der Waals surface area (Å²) >= 11 is 21.7. The van der Waals surface area contributed by atoms with Gasteiger partial charge >= 0.3 is 5.97 Å². The molecule has 14 heteroatoms. The molecule has 0 aliphatic carbocycles. The number of ketones is 1. The van der Waals surface area contributed by atoms with Crippen molar-refractivity contribution in [3.63, 3.8) is 0 Å². The second-order valence-corrected chi connectivity index (χ2v) is 17.9. The summed E-state index contributed by atoms with van der Waals surface area (Å²) in [5, 5.41) is 11.8. The highest BCUT2D eigenvalue weighted by atomic mass is 35.5. The van der Waals surface area contributed by atoms with Crippen molar-refractivity contribution in [3.8, 4) is 11.5 Å². The number of likely N-dealkylation sites (N-methyl/N-ethyl adjacent to an activating group) is 2. The first-order valence-electron chi connectivity index (χ1n) is 16.4. The summed E-state index contributed by atoms with van der Waals surface area (Å²) in [6.07, 6.45) is 4.70. The van der Waals surface area contributed by atoms with E-state index in [1.54, 1.807) is 18.2 Å². The van der Waals surface area contributed by atoms with E-state index in [0.29, 0.717) is 44.7 Å². The van der Waals surface area contributed by atoms with Gasteiger partial charge in [0.05, 0.1) is 38.0 Å². The van der Waals surface area contributed by atoms with Crippen molar-refractivity contribution < 1.29 is 32.4 Å². The molecule has 3 aliphatic heterocycles. The third-order valence-electron chi connectivity index (χ3n) is 10.0. The summed E-state index contributed by atoms with van der Waals surface area (Å²) in [6, 6.07) is 7.42. The van der Waals surface area contributed by atoms with Gasteiger partial charge in [0.2, 0.25) is 5.36 Å². The number of aromatic carboxylic acids is 1. The van der Waals surface area contributed by atoms with Crippen molar-refractivity contribution >= 4 is 90.8 Å². The Bertz CT molecular complexity index is 2450. The first-order chi connectivity index (χ1) is 24.1. The number of fused-ring (bicyclic) bond motifs is 4. The molecular weight excluding hydrogens is 767 g/mol. The van der Waals surface area contributed by atoms with Crippen LogP contribution in [-0.4, -0.2) is 66.5 Å². The quantitative estimate of drug-likeness (QED) is 0.0803. The molecule has 0 aromatic heterocycles. The van der Waals surface area contributed by atoms with E-state index >= 15 is 0 Å². The average Bonchev–Trinajstić information content (AvgIpc) is 3.03. The van der Waals surface area contributed by atoms with E-state index in [0.717, 1.165) is 34.7 Å². The highest BCUT2D eigenvalue weighted by Gasteiger charge is 2.38. The SMILES string of the molecule is CCC1=CC(C)(C)[N+](C)=c2cc3c(cc21)=C(c1c(Cl)c(SCC(C)=O)c(Cl)c(Cl)c1C(=O)O)c1cc2c(cc1O3)N(C)C(C)(C)C=C2CS(=O)(=O)O. The fourth-order valence-electron chi connectivity index (χ4n) is 7.11. The van der Waals surface area contributed by atoms with Crippen molar-refractivity contribution in [1.82, 2.24) is 4.58 Å². The maximum atomic E-state index is 13.2. The van der Waals surface area contributed by atoms with Crippen LogP contribution in [0, 0.1) is 0 Å². The number of anilines is 1. The van der Waals surface area contributed by atoms with Crippen LogP contribution in [-0.2, 0) is 14.9 Å². The molecule has 0 bridgehead atoms. The largest absolute Gasteiger partial charge is 0.478 e. The number of carbonyl (C=O) groups is 2. The van der Waals surface area contributed by atoms with Crippen LogP contribution in [0.5, 0.6) is 11.5 Å². The Morgan fingerprint density at radius 3 is 2.21 bits per heavy atom. The number of thioether (sulfide) groups is 1. The van der Waals surface area contributed by atoms with E-state index in [9.17, 15) is 27.7 Å². The van der Waals surface area contributed by atoms with Gasteiger partial charge < -0.3 is 14.7 Å². The molecule has 3 aromatic carbocycles. The molecule has 0 saturated heterocycles. The van der Waals surface area contributed by atoms with E-state index in [4.69, 9.17) is 39.5 Å². The molecule has 3 aliphatic rings. The molecule has 0 fully saturated rings. The van der Waals surface area contributed by atoms with Crippen molar-refractivity contribution in [2.45, 2.75) is 63.9 Å². The van der Waals surface area contributed by atoms with E-state index < -0.39 is 27.4 Å². The number of carboxylic acids is 1. The number of nitrogens with zero attached hydrogens (tertiary/aromatic N) is 2. The van der Waals surface area contributed by atoms with Crippen molar-refractivity contribution in [2.75, 3.05) is 30.5 Å². The highest BCUT2D eigenvalue weighted by Crippen LogP contribution is 2.51. The molecule has 3 heterocycles. The Balaban J connectivity index is 1.84. The number of Topliss-reactive ketones (excluding diaryl/α,β-unsaturated/α-hetero) is 1. The number of carbonyl (C=O) groups excluding carboxylic acids is 1. The van der Waals surface area contributed by atoms with Gasteiger partial charge in [-0.1, -0.05) is 47.8 Å². The highest BCUT2D eigenvalue weighted by molar-refractivity contribution is 8.00. The summed E-state index contributed by atoms with van der Waals surface area (Å²) in [5.74, 6) is -1.38. The Morgan fingerprint density at radius 1 is 0.942 bits per heavy atom. The van der Waals surface area contributed by atoms with E-state index in [2.05, 4.69) is 31.4 Å². The third kappa shape index (κ3) is 6.47. The summed E-state index contributed by atoms with van der Waals surface area (Å²) < 4.78 is 43.5. The zero-order valence-corrected chi connectivity index (χ0v) is 33.8. The fourth-order valence-corrected chi connectivity index (χ4v) is 9.72. The van der Waals surface area contributed by atoms with Gasteiger partial charge in [-0.3, -0.25) is 9.35 Å². The molecule has 0 unspecified atom stereocenters. The molecule has 0 spiro atoms. The fraction of sp³-hybridized carbons (Fsp3) is 0.342. The molecule has 0 radical (unpaired) electrons. The number of benzene rings is 3. The molecule has 0 saturated carbocycles. The standard InChI is InChI=1S/C38H37Cl3N2O7S2/c1-9-19-14-37(3,4)42(7)25-12-27-23(10-21(19)25)29(30-31(36(45)46)32(39)34(41)35(33(30)40)51-16-18(2)44)24-11-22-20(17-52(47,48)49)15-38(5,6)43(8)26(22)13-28(24)50-27/h10-15H,9,16-17H2,1-8H3,(H-,45,46,47,48,49)/p+1. The number of ether oxygens (including phenoxy) is 1. The van der Waals surface area contributed by atoms with Crippen LogP contribution < -0.4 is 24.8 Å². The van der Waals surface area contributed by atoms with Crippen molar-refractivity contribution in [3.05, 3.63) is 89.9 Å². The number of hydrogen-bond donors (Lipinski definition) is 2. The summed E-state index contributed by atoms with van der Waals surface area (Å²) in [5.41, 5.74) is 3.02. The van der Waals surface area contributed by atoms with Gasteiger partial charge in [0, 0.05) is 70.6 Å². The molecule has 274 valence electrons. The van der Waals surface area contributed by atoms with Crippen LogP contribution in [0.3, 0.4) is 0 Å². The molecule has 0 amide bonds. The molecule has 0 atom stereocenters. The molecule has 9 nitrogen and oxygen atoms in total. The lowest BCUT2D eigenvalue weighted by Crippen LogP contribution is -2.47. The molecular formula is C38H38Cl3N2O7S2+. The minimum Gasteiger partial charge on any atom is -0.478 e. The van der Waals surface area contributed by atoms with Crippen LogP contribution in [0.2, 0.25) is 15.1 Å². The first kappa shape index (κ1) is 38.4. The average molecular weight is 805 g/mol. The molecule has 3 aromatic rings. The second-order valence-electron chi connectivity index (χ2n) is 14.4. The minimum atomic E-state index is -4.45. The monoisotopic (exact) mass is 803 g/mol. The molecule has 6 rings (SSSR count). The predicted octanol–water partition coefficient (Wildman–Crippen LogP) is 7.59. The lowest BCUT2D eigenvalue weighted by atomic mass is 9.83. The van der Waals surface area contributed by atoms with Crippen LogP contribution in [0.25, 0.3) is 16.7 Å². The number of carboxylic acid groups (broad SMARTS) is 1. The van der Waals surface area contributed by atoms with Gasteiger partial charge in [-0.15, -0.1) is 11.8 Å². The predicted molar refractivity (Wildman–Crippen MR) is 210 cm³/mol. The van der Waals surface area contributed by atoms with Crippen LogP contribution in [0.1, 0.15) is 80.6 Å². The maximum absolute atomic E-state index is 13.2. The van der Waals surface area contributed by atoms with E-state index in [1.807, 2.05) is 45.0 Å². The number of hydrogen-bond acceptors (Lipinski definition) is 7. The van der Waals surface area contributed by atoms with Gasteiger partial charge in [0.15, 0.2) is 5.54 Å². The molecule has 2 N–H and O–H groups in total. The first-order valence-corrected chi connectivity index (χ1v) is 20.2. The van der Waals surface area contributed by atoms with Crippen LogP contribution >= 0.6 is 46.6 Å². The summed E-state index contributed by atoms with van der Waals surface area (Å²) in [7, 11) is -0.581. The van der Waals surface area contributed by atoms with Crippen molar-refractivity contribution in [2.24, 2.45) is 0 Å². The Hall–Kier alpha value is -3.32. The zero-order chi connectivity index (χ0) is 38.4. The lowest BCUT2D eigenvalue weighted by molar-refractivity contribution is -0.114. The number of rotatable bonds is 8. The molecule has 52 heavy (non-hydrogen) atoms. The number of halogens is 3. The zero-order valence-electron chi connectivity index (χ0n) is 29.9. The van der Waals surface area contributed by atoms with Crippen LogP contribution in [0.4, 0.5) is 5.69 Å². The van der Waals surface area contributed by atoms with E-state index in [-0.39, 0.29) is 48.2 Å². The smallest absolute Gasteiger partial charge is 0.337 e. The Morgan fingerprint density at radius 2 is 1.62 bits per heavy atom. The van der Waals surface area contributed by atoms with E-state index in [1.165, 1.54) is 6.92 Å². The minimum absolute atomic E-state index is 0.00689. The second kappa shape index (κ2) is 13.2.